The fourth-order valence-corrected chi connectivity index (χ4v) is 5.94. The van der Waals surface area contributed by atoms with Crippen molar-refractivity contribution in [2.24, 2.45) is 11.7 Å². The van der Waals surface area contributed by atoms with Gasteiger partial charge in [0.05, 0.1) is 39.7 Å². The maximum absolute atomic E-state index is 11.7. The second-order valence-electron chi connectivity index (χ2n) is 9.83. The summed E-state index contributed by atoms with van der Waals surface area (Å²) in [5.41, 5.74) is 7.58. The molecule has 0 unspecified atom stereocenters. The molecule has 0 radical (unpaired) electrons. The molecule has 12 heteroatoms. The average molecular weight is 543 g/mol. The van der Waals surface area contributed by atoms with Gasteiger partial charge in [-0.25, -0.2) is 9.97 Å². The predicted molar refractivity (Wildman–Crippen MR) is 142 cm³/mol. The number of nitriles is 1. The summed E-state index contributed by atoms with van der Waals surface area (Å²) in [6.07, 6.45) is 7.51. The standard InChI is InChI=1S/C25H28Cl2N8O2/c26-18-8-13(11-28)9-19(27)21(18)33-25-32-20-12-30-24(31-15-2-1-3-17(36)10-15)34-23(20)35(25)16-6-4-14(5-7-16)22(29)37/h8-9,12,14-17,36H,1-7,10H2,(H2,29,37)(H,32,33)(H,30,31,34)/t14?,15-,16?,17-/m1/s1. The molecule has 2 saturated carbocycles. The van der Waals surface area contributed by atoms with Crippen molar-refractivity contribution in [2.75, 3.05) is 10.6 Å². The van der Waals surface area contributed by atoms with Gasteiger partial charge in [0.1, 0.15) is 5.52 Å². The summed E-state index contributed by atoms with van der Waals surface area (Å²) in [4.78, 5) is 25.8. The van der Waals surface area contributed by atoms with Gasteiger partial charge in [-0.15, -0.1) is 0 Å². The third-order valence-electron chi connectivity index (χ3n) is 7.28. The molecule has 0 saturated heterocycles. The number of halogens is 2. The average Bonchev–Trinajstić information content (AvgIpc) is 3.23. The number of aromatic nitrogens is 4. The normalized spacial score (nSPS) is 23.9. The molecular weight excluding hydrogens is 515 g/mol. The molecule has 3 aromatic rings. The van der Waals surface area contributed by atoms with Gasteiger partial charge in [-0.3, -0.25) is 9.36 Å². The Morgan fingerprint density at radius 2 is 1.86 bits per heavy atom. The molecule has 0 bridgehead atoms. The maximum atomic E-state index is 11.7. The SMILES string of the molecule is N#Cc1cc(Cl)c(Nc2nc3cnc(N[C@@H]4CCC[C@@H](O)C4)nc3n2C2CCC(C(N)=O)CC2)c(Cl)c1. The van der Waals surface area contributed by atoms with E-state index in [0.717, 1.165) is 32.1 Å². The van der Waals surface area contributed by atoms with Crippen molar-refractivity contribution in [2.45, 2.75) is 69.6 Å². The summed E-state index contributed by atoms with van der Waals surface area (Å²) < 4.78 is 2.01. The van der Waals surface area contributed by atoms with Crippen molar-refractivity contribution >= 4 is 57.9 Å². The third kappa shape index (κ3) is 5.44. The minimum Gasteiger partial charge on any atom is -0.393 e. The van der Waals surface area contributed by atoms with Crippen molar-refractivity contribution in [3.63, 3.8) is 0 Å². The zero-order valence-electron chi connectivity index (χ0n) is 20.1. The van der Waals surface area contributed by atoms with Crippen LogP contribution in [0.5, 0.6) is 0 Å². The largest absolute Gasteiger partial charge is 0.393 e. The van der Waals surface area contributed by atoms with Crippen molar-refractivity contribution < 1.29 is 9.90 Å². The maximum Gasteiger partial charge on any atom is 0.224 e. The highest BCUT2D eigenvalue weighted by Crippen LogP contribution is 2.39. The Bertz CT molecular complexity index is 1340. The van der Waals surface area contributed by atoms with E-state index in [-0.39, 0.29) is 30.0 Å². The van der Waals surface area contributed by atoms with Crippen LogP contribution in [0.3, 0.4) is 0 Å². The number of nitrogens with zero attached hydrogens (tertiary/aromatic N) is 5. The number of nitrogens with one attached hydrogen (secondary N) is 2. The van der Waals surface area contributed by atoms with Crippen molar-refractivity contribution in [3.05, 3.63) is 33.9 Å². The summed E-state index contributed by atoms with van der Waals surface area (Å²) in [7, 11) is 0. The molecule has 5 N–H and O–H groups in total. The number of nitrogens with two attached hydrogens (primary N) is 1. The molecule has 1 amide bonds. The van der Waals surface area contributed by atoms with Crippen molar-refractivity contribution in [1.82, 2.24) is 19.5 Å². The highest BCUT2D eigenvalue weighted by atomic mass is 35.5. The molecule has 5 rings (SSSR count). The zero-order chi connectivity index (χ0) is 26.1. The molecule has 2 atom stereocenters. The Labute approximate surface area is 224 Å². The topological polar surface area (TPSA) is 155 Å². The van der Waals surface area contributed by atoms with Gasteiger partial charge in [0.2, 0.25) is 17.8 Å². The Morgan fingerprint density at radius 1 is 1.14 bits per heavy atom. The molecular formula is C25H28Cl2N8O2. The van der Waals surface area contributed by atoms with Gasteiger partial charge < -0.3 is 21.5 Å². The van der Waals surface area contributed by atoms with Gasteiger partial charge in [0, 0.05) is 18.0 Å². The first kappa shape index (κ1) is 25.5. The second-order valence-corrected chi connectivity index (χ2v) is 10.6. The van der Waals surface area contributed by atoms with E-state index in [9.17, 15) is 15.2 Å². The predicted octanol–water partition coefficient (Wildman–Crippen LogP) is 4.68. The van der Waals surface area contributed by atoms with Gasteiger partial charge in [0.15, 0.2) is 5.65 Å². The molecule has 2 aliphatic rings. The number of benzene rings is 1. The van der Waals surface area contributed by atoms with Crippen LogP contribution in [0, 0.1) is 17.2 Å². The smallest absolute Gasteiger partial charge is 0.224 e. The summed E-state index contributed by atoms with van der Waals surface area (Å²) in [6.45, 7) is 0. The zero-order valence-corrected chi connectivity index (χ0v) is 21.6. The van der Waals surface area contributed by atoms with Gasteiger partial charge >= 0.3 is 0 Å². The number of fused-ring (bicyclic) bond motifs is 1. The lowest BCUT2D eigenvalue weighted by Gasteiger charge is -2.29. The van der Waals surface area contributed by atoms with E-state index in [1.807, 2.05) is 10.6 Å². The Kier molecular flexibility index (Phi) is 7.38. The van der Waals surface area contributed by atoms with Crippen LogP contribution >= 0.6 is 23.2 Å². The molecule has 1 aromatic carbocycles. The van der Waals surface area contributed by atoms with Crippen molar-refractivity contribution in [1.29, 1.82) is 5.26 Å². The van der Waals surface area contributed by atoms with Crippen LogP contribution in [-0.2, 0) is 4.79 Å². The number of aliphatic hydroxyl groups is 1. The van der Waals surface area contributed by atoms with Crippen LogP contribution in [0.4, 0.5) is 17.6 Å². The molecule has 2 fully saturated rings. The first-order chi connectivity index (χ1) is 17.8. The molecule has 10 nitrogen and oxygen atoms in total. The van der Waals surface area contributed by atoms with Crippen LogP contribution in [0.25, 0.3) is 11.2 Å². The summed E-state index contributed by atoms with van der Waals surface area (Å²) in [5, 5.41) is 26.5. The van der Waals surface area contributed by atoms with E-state index in [4.69, 9.17) is 38.9 Å². The van der Waals surface area contributed by atoms with E-state index in [0.29, 0.717) is 63.6 Å². The van der Waals surface area contributed by atoms with Crippen LogP contribution < -0.4 is 16.4 Å². The lowest BCUT2D eigenvalue weighted by atomic mass is 9.85. The third-order valence-corrected chi connectivity index (χ3v) is 7.88. The van der Waals surface area contributed by atoms with Crippen LogP contribution in [0.1, 0.15) is 63.0 Å². The highest BCUT2D eigenvalue weighted by molar-refractivity contribution is 6.39. The number of primary amides is 1. The van der Waals surface area contributed by atoms with E-state index in [2.05, 4.69) is 15.6 Å². The monoisotopic (exact) mass is 542 g/mol. The first-order valence-corrected chi connectivity index (χ1v) is 13.2. The Balaban J connectivity index is 1.52. The molecule has 2 heterocycles. The molecule has 0 aliphatic heterocycles. The quantitative estimate of drug-likeness (QED) is 0.349. The molecule has 2 aliphatic carbocycles. The number of carbonyl (C=O) groups is 1. The first-order valence-electron chi connectivity index (χ1n) is 12.5. The highest BCUT2D eigenvalue weighted by Gasteiger charge is 2.30. The van der Waals surface area contributed by atoms with E-state index < -0.39 is 0 Å². The molecule has 0 spiro atoms. The number of rotatable bonds is 6. The fraction of sp³-hybridized carbons (Fsp3) is 0.480. The number of hydrogen-bond acceptors (Lipinski definition) is 8. The van der Waals surface area contributed by atoms with E-state index in [1.165, 1.54) is 0 Å². The minimum absolute atomic E-state index is 0.0123. The van der Waals surface area contributed by atoms with Crippen LogP contribution in [-0.4, -0.2) is 42.7 Å². The number of aliphatic hydroxyl groups excluding tert-OH is 1. The number of hydrogen-bond donors (Lipinski definition) is 4. The summed E-state index contributed by atoms with van der Waals surface area (Å²) >= 11 is 12.9. The van der Waals surface area contributed by atoms with Crippen LogP contribution in [0.15, 0.2) is 18.3 Å². The van der Waals surface area contributed by atoms with E-state index in [1.54, 1.807) is 18.3 Å². The Hall–Kier alpha value is -3.13. The molecule has 37 heavy (non-hydrogen) atoms. The number of carbonyl (C=O) groups excluding carboxylic acids is 1. The summed E-state index contributed by atoms with van der Waals surface area (Å²) in [6, 6.07) is 5.24. The van der Waals surface area contributed by atoms with Crippen molar-refractivity contribution in [3.8, 4) is 6.07 Å². The van der Waals surface area contributed by atoms with Gasteiger partial charge in [-0.05, 0) is 63.5 Å². The summed E-state index contributed by atoms with van der Waals surface area (Å²) in [5.74, 6) is 0.548. The van der Waals surface area contributed by atoms with Gasteiger partial charge in [-0.1, -0.05) is 23.2 Å². The van der Waals surface area contributed by atoms with E-state index >= 15 is 0 Å². The molecule has 194 valence electrons. The lowest BCUT2D eigenvalue weighted by molar-refractivity contribution is -0.122. The number of anilines is 3. The lowest BCUT2D eigenvalue weighted by Crippen LogP contribution is -2.30. The van der Waals surface area contributed by atoms with Gasteiger partial charge in [-0.2, -0.15) is 10.2 Å². The second kappa shape index (κ2) is 10.7. The van der Waals surface area contributed by atoms with Gasteiger partial charge in [0.25, 0.3) is 0 Å². The Morgan fingerprint density at radius 3 is 2.51 bits per heavy atom. The van der Waals surface area contributed by atoms with Crippen LogP contribution in [0.2, 0.25) is 10.0 Å². The fourth-order valence-electron chi connectivity index (χ4n) is 5.36. The number of amides is 1. The number of imidazole rings is 1. The minimum atomic E-state index is -0.321. The molecule has 2 aromatic heterocycles.